The largest absolute Gasteiger partial charge is 0.309 e. The van der Waals surface area contributed by atoms with Gasteiger partial charge in [0.05, 0.1) is 6.54 Å². The highest BCUT2D eigenvalue weighted by molar-refractivity contribution is 4.45. The van der Waals surface area contributed by atoms with Gasteiger partial charge in [0.2, 0.25) is 0 Å². The van der Waals surface area contributed by atoms with Crippen molar-refractivity contribution in [1.29, 1.82) is 0 Å². The molecule has 0 aromatic carbocycles. The minimum absolute atomic E-state index is 0.443. The van der Waals surface area contributed by atoms with E-state index in [-0.39, 0.29) is 0 Å². The van der Waals surface area contributed by atoms with Crippen LogP contribution in [0.3, 0.4) is 0 Å². The lowest BCUT2D eigenvalue weighted by Crippen LogP contribution is -2.13. The first-order valence-corrected chi connectivity index (χ1v) is 2.71. The molecule has 0 spiro atoms. The van der Waals surface area contributed by atoms with Crippen LogP contribution < -0.4 is 0 Å². The van der Waals surface area contributed by atoms with Crippen molar-refractivity contribution in [2.45, 2.75) is 6.42 Å². The smallest absolute Gasteiger partial charge is 0.0823 e. The van der Waals surface area contributed by atoms with Crippen LogP contribution in [0.5, 0.6) is 0 Å². The predicted molar refractivity (Wildman–Crippen MR) is 33.8 cm³/mol. The summed E-state index contributed by atoms with van der Waals surface area (Å²) >= 11 is 0. The van der Waals surface area contributed by atoms with Crippen LogP contribution in [0.2, 0.25) is 0 Å². The van der Waals surface area contributed by atoms with Crippen molar-refractivity contribution in [1.82, 2.24) is 4.90 Å². The molecule has 48 valence electrons. The van der Waals surface area contributed by atoms with E-state index in [0.29, 0.717) is 6.54 Å². The van der Waals surface area contributed by atoms with Crippen LogP contribution >= 0.6 is 0 Å². The summed E-state index contributed by atoms with van der Waals surface area (Å²) in [4.78, 5) is 11.6. The van der Waals surface area contributed by atoms with Gasteiger partial charge in [-0.1, -0.05) is 5.18 Å². The summed E-state index contributed by atoms with van der Waals surface area (Å²) in [5, 5.41) is 2.73. The third-order valence-electron chi connectivity index (χ3n) is 0.855. The number of rotatable bonds is 4. The monoisotopic (exact) mass is 116 g/mol. The van der Waals surface area contributed by atoms with E-state index in [1.54, 1.807) is 0 Å². The number of nitroso groups, excluding NO2 is 1. The second-order valence-electron chi connectivity index (χ2n) is 2.01. The molecule has 0 saturated heterocycles. The Morgan fingerprint density at radius 2 is 2.12 bits per heavy atom. The molecular formula is C5H12N2O. The Labute approximate surface area is 49.7 Å². The number of nitrogens with zero attached hydrogens (tertiary/aromatic N) is 2. The van der Waals surface area contributed by atoms with Crippen LogP contribution in [0.1, 0.15) is 6.42 Å². The van der Waals surface area contributed by atoms with E-state index in [9.17, 15) is 4.91 Å². The van der Waals surface area contributed by atoms with Crippen LogP contribution in [0.15, 0.2) is 5.18 Å². The molecule has 0 unspecified atom stereocenters. The highest BCUT2D eigenvalue weighted by Gasteiger charge is 1.87. The molecule has 3 nitrogen and oxygen atoms in total. The molecule has 0 aromatic rings. The Morgan fingerprint density at radius 1 is 1.50 bits per heavy atom. The molecule has 0 aliphatic carbocycles. The van der Waals surface area contributed by atoms with E-state index in [1.165, 1.54) is 0 Å². The topological polar surface area (TPSA) is 32.7 Å². The molecule has 0 bridgehead atoms. The fraction of sp³-hybridized carbons (Fsp3) is 1.00. The van der Waals surface area contributed by atoms with Gasteiger partial charge in [-0.25, -0.2) is 0 Å². The van der Waals surface area contributed by atoms with Gasteiger partial charge in [0.1, 0.15) is 0 Å². The van der Waals surface area contributed by atoms with Gasteiger partial charge in [-0.3, -0.25) is 0 Å². The first-order chi connectivity index (χ1) is 3.77. The van der Waals surface area contributed by atoms with Gasteiger partial charge in [-0.05, 0) is 27.1 Å². The SMILES string of the molecule is CN(C)CCCN=O. The molecular weight excluding hydrogens is 104 g/mol. The zero-order valence-corrected chi connectivity index (χ0v) is 5.42. The van der Waals surface area contributed by atoms with Crippen LogP contribution in [0, 0.1) is 4.91 Å². The van der Waals surface area contributed by atoms with E-state index in [1.807, 2.05) is 19.0 Å². The van der Waals surface area contributed by atoms with Crippen LogP contribution in [-0.2, 0) is 0 Å². The maximum absolute atomic E-state index is 9.52. The normalized spacial score (nSPS) is 9.88. The fourth-order valence-corrected chi connectivity index (χ4v) is 0.451. The third-order valence-corrected chi connectivity index (χ3v) is 0.855. The Kier molecular flexibility index (Phi) is 4.45. The molecule has 0 atom stereocenters. The Hall–Kier alpha value is -0.440. The lowest BCUT2D eigenvalue weighted by Gasteiger charge is -2.05. The molecule has 8 heavy (non-hydrogen) atoms. The number of hydrogen-bond donors (Lipinski definition) is 0. The lowest BCUT2D eigenvalue weighted by molar-refractivity contribution is 0.403. The molecule has 0 amide bonds. The van der Waals surface area contributed by atoms with Crippen molar-refractivity contribution in [3.05, 3.63) is 4.91 Å². The fourth-order valence-electron chi connectivity index (χ4n) is 0.451. The van der Waals surface area contributed by atoms with Gasteiger partial charge in [-0.2, -0.15) is 4.91 Å². The van der Waals surface area contributed by atoms with Crippen molar-refractivity contribution in [3.63, 3.8) is 0 Å². The maximum Gasteiger partial charge on any atom is 0.0823 e. The second kappa shape index (κ2) is 4.71. The summed E-state index contributed by atoms with van der Waals surface area (Å²) in [6.45, 7) is 1.39. The summed E-state index contributed by atoms with van der Waals surface area (Å²) in [5.41, 5.74) is 0. The molecule has 0 N–H and O–H groups in total. The lowest BCUT2D eigenvalue weighted by atomic mass is 10.4. The van der Waals surface area contributed by atoms with Crippen molar-refractivity contribution in [3.8, 4) is 0 Å². The van der Waals surface area contributed by atoms with Gasteiger partial charge in [0.15, 0.2) is 0 Å². The molecule has 0 aliphatic rings. The van der Waals surface area contributed by atoms with Gasteiger partial charge < -0.3 is 4.90 Å². The summed E-state index contributed by atoms with van der Waals surface area (Å²) in [7, 11) is 3.95. The Bertz CT molecular complexity index is 63.4. The minimum atomic E-state index is 0.443. The van der Waals surface area contributed by atoms with Crippen LogP contribution in [0.25, 0.3) is 0 Å². The van der Waals surface area contributed by atoms with Crippen molar-refractivity contribution < 1.29 is 0 Å². The highest BCUT2D eigenvalue weighted by Crippen LogP contribution is 1.82. The summed E-state index contributed by atoms with van der Waals surface area (Å²) < 4.78 is 0. The van der Waals surface area contributed by atoms with Crippen molar-refractivity contribution >= 4 is 0 Å². The van der Waals surface area contributed by atoms with E-state index < -0.39 is 0 Å². The third kappa shape index (κ3) is 5.56. The molecule has 0 heterocycles. The molecule has 0 radical (unpaired) electrons. The Morgan fingerprint density at radius 3 is 2.50 bits per heavy atom. The van der Waals surface area contributed by atoms with E-state index in [4.69, 9.17) is 0 Å². The average Bonchev–Trinajstić information content (AvgIpc) is 1.66. The van der Waals surface area contributed by atoms with E-state index in [0.717, 1.165) is 13.0 Å². The van der Waals surface area contributed by atoms with Crippen molar-refractivity contribution in [2.75, 3.05) is 27.2 Å². The average molecular weight is 116 g/mol. The minimum Gasteiger partial charge on any atom is -0.309 e. The van der Waals surface area contributed by atoms with Gasteiger partial charge in [0, 0.05) is 0 Å². The summed E-state index contributed by atoms with van der Waals surface area (Å²) in [5.74, 6) is 0. The summed E-state index contributed by atoms with van der Waals surface area (Å²) in [6.07, 6.45) is 0.872. The molecule has 0 fully saturated rings. The first-order valence-electron chi connectivity index (χ1n) is 2.71. The Balaban J connectivity index is 2.81. The van der Waals surface area contributed by atoms with E-state index in [2.05, 4.69) is 5.18 Å². The molecule has 0 aliphatic heterocycles. The molecule has 0 aromatic heterocycles. The van der Waals surface area contributed by atoms with Gasteiger partial charge >= 0.3 is 0 Å². The quantitative estimate of drug-likeness (QED) is 0.400. The van der Waals surface area contributed by atoms with Gasteiger partial charge in [0.25, 0.3) is 0 Å². The van der Waals surface area contributed by atoms with Gasteiger partial charge in [-0.15, -0.1) is 0 Å². The molecule has 0 rings (SSSR count). The maximum atomic E-state index is 9.52. The zero-order chi connectivity index (χ0) is 6.41. The van der Waals surface area contributed by atoms with Crippen molar-refractivity contribution in [2.24, 2.45) is 5.18 Å². The highest BCUT2D eigenvalue weighted by atomic mass is 16.3. The second-order valence-corrected chi connectivity index (χ2v) is 2.01. The van der Waals surface area contributed by atoms with Crippen LogP contribution in [0.4, 0.5) is 0 Å². The van der Waals surface area contributed by atoms with E-state index >= 15 is 0 Å². The molecule has 0 saturated carbocycles. The first kappa shape index (κ1) is 7.56. The predicted octanol–water partition coefficient (Wildman–Crippen LogP) is 0.704. The van der Waals surface area contributed by atoms with Crippen LogP contribution in [-0.4, -0.2) is 32.1 Å². The zero-order valence-electron chi connectivity index (χ0n) is 5.42. The standard InChI is InChI=1S/C5H12N2O/c1-7(2)5-3-4-6-8/h3-5H2,1-2H3. The number of hydrogen-bond acceptors (Lipinski definition) is 3. The summed E-state index contributed by atoms with van der Waals surface area (Å²) in [6, 6.07) is 0. The molecule has 3 heteroatoms.